The number of hydrogen-bond acceptors (Lipinski definition) is 3. The van der Waals surface area contributed by atoms with E-state index in [1.54, 1.807) is 18.2 Å². The van der Waals surface area contributed by atoms with Gasteiger partial charge in [-0.15, -0.1) is 0 Å². The molecule has 2 aromatic rings. The van der Waals surface area contributed by atoms with Gasteiger partial charge in [0.15, 0.2) is 0 Å². The fourth-order valence-electron chi connectivity index (χ4n) is 2.19. The van der Waals surface area contributed by atoms with Gasteiger partial charge in [-0.05, 0) is 55.3 Å². The van der Waals surface area contributed by atoms with E-state index in [1.165, 1.54) is 12.1 Å². The van der Waals surface area contributed by atoms with Crippen LogP contribution in [0.25, 0.3) is 0 Å². The Morgan fingerprint density at radius 2 is 1.84 bits per heavy atom. The third kappa shape index (κ3) is 4.93. The van der Waals surface area contributed by atoms with E-state index in [1.807, 2.05) is 13.8 Å². The van der Waals surface area contributed by atoms with Gasteiger partial charge < -0.3 is 5.32 Å². The highest BCUT2D eigenvalue weighted by Gasteiger charge is 2.21. The van der Waals surface area contributed by atoms with Gasteiger partial charge in [0.25, 0.3) is 0 Å². The van der Waals surface area contributed by atoms with E-state index >= 15 is 0 Å². The highest BCUT2D eigenvalue weighted by atomic mass is 35.5. The normalized spacial score (nSPS) is 11.2. The van der Waals surface area contributed by atoms with Crippen LogP contribution in [0.3, 0.4) is 0 Å². The van der Waals surface area contributed by atoms with Crippen LogP contribution in [0.15, 0.2) is 36.4 Å². The largest absolute Gasteiger partial charge is 0.324 e. The van der Waals surface area contributed by atoms with Crippen LogP contribution in [0.5, 0.6) is 0 Å². The first kappa shape index (κ1) is 19.2. The molecule has 1 N–H and O–H groups in total. The highest BCUT2D eigenvalue weighted by Crippen LogP contribution is 2.22. The van der Waals surface area contributed by atoms with Crippen molar-refractivity contribution in [2.24, 2.45) is 0 Å². The lowest BCUT2D eigenvalue weighted by molar-refractivity contribution is -0.114. The van der Waals surface area contributed by atoms with E-state index in [0.29, 0.717) is 5.69 Å². The molecule has 0 bridgehead atoms. The molecule has 0 spiro atoms. The number of halogens is 2. The van der Waals surface area contributed by atoms with Crippen LogP contribution in [-0.2, 0) is 14.8 Å². The number of sulfonamides is 1. The third-order valence-corrected chi connectivity index (χ3v) is 5.10. The number of nitrogens with zero attached hydrogens (tertiary/aromatic N) is 1. The lowest BCUT2D eigenvalue weighted by Gasteiger charge is -2.22. The fourth-order valence-corrected chi connectivity index (χ4v) is 3.21. The maximum Gasteiger partial charge on any atom is 0.245 e. The number of amides is 1. The molecule has 2 aromatic carbocycles. The summed E-state index contributed by atoms with van der Waals surface area (Å²) in [5.41, 5.74) is 2.61. The molecule has 0 aliphatic rings. The van der Waals surface area contributed by atoms with Gasteiger partial charge in [0, 0.05) is 5.69 Å². The molecule has 0 saturated carbocycles. The molecule has 0 aliphatic heterocycles. The van der Waals surface area contributed by atoms with Crippen LogP contribution >= 0.6 is 11.6 Å². The van der Waals surface area contributed by atoms with Crippen LogP contribution < -0.4 is 9.62 Å². The van der Waals surface area contributed by atoms with E-state index in [2.05, 4.69) is 5.32 Å². The summed E-state index contributed by atoms with van der Waals surface area (Å²) in [6, 6.07) is 8.87. The quantitative estimate of drug-likeness (QED) is 0.857. The van der Waals surface area contributed by atoms with Gasteiger partial charge in [-0.2, -0.15) is 0 Å². The van der Waals surface area contributed by atoms with Gasteiger partial charge in [-0.3, -0.25) is 9.10 Å². The zero-order valence-corrected chi connectivity index (χ0v) is 15.6. The summed E-state index contributed by atoms with van der Waals surface area (Å²) >= 11 is 5.67. The summed E-state index contributed by atoms with van der Waals surface area (Å²) in [6.45, 7) is 3.37. The lowest BCUT2D eigenvalue weighted by atomic mass is 10.1. The molecule has 0 atom stereocenters. The Labute approximate surface area is 151 Å². The zero-order chi connectivity index (χ0) is 18.8. The number of carbonyl (C=O) groups excluding carboxylic acids is 1. The topological polar surface area (TPSA) is 66.5 Å². The predicted molar refractivity (Wildman–Crippen MR) is 98.1 cm³/mol. The van der Waals surface area contributed by atoms with Gasteiger partial charge in [0.2, 0.25) is 15.9 Å². The molecule has 0 radical (unpaired) electrons. The molecule has 0 unspecified atom stereocenters. The third-order valence-electron chi connectivity index (χ3n) is 3.67. The molecule has 0 aromatic heterocycles. The van der Waals surface area contributed by atoms with E-state index in [9.17, 15) is 17.6 Å². The first-order chi connectivity index (χ1) is 11.6. The fraction of sp³-hybridized carbons (Fsp3) is 0.235. The average Bonchev–Trinajstić information content (AvgIpc) is 2.50. The number of benzene rings is 2. The van der Waals surface area contributed by atoms with Crippen molar-refractivity contribution in [3.63, 3.8) is 0 Å². The first-order valence-electron chi connectivity index (χ1n) is 7.38. The minimum absolute atomic E-state index is 0.132. The molecule has 0 fully saturated rings. The standard InChI is InChI=1S/C17H18ClFN2O3S/c1-11-4-6-14(8-12(11)2)21(25(3,23)24)10-17(22)20-13-5-7-16(19)15(18)9-13/h4-9H,10H2,1-3H3,(H,20,22). The monoisotopic (exact) mass is 384 g/mol. The van der Waals surface area contributed by atoms with Gasteiger partial charge in [-0.25, -0.2) is 12.8 Å². The van der Waals surface area contributed by atoms with Gasteiger partial charge in [0.05, 0.1) is 17.0 Å². The molecule has 5 nitrogen and oxygen atoms in total. The number of hydrogen-bond donors (Lipinski definition) is 1. The van der Waals surface area contributed by atoms with Crippen LogP contribution in [0.2, 0.25) is 5.02 Å². The summed E-state index contributed by atoms with van der Waals surface area (Å²) in [6.07, 6.45) is 1.03. The van der Waals surface area contributed by atoms with Gasteiger partial charge in [0.1, 0.15) is 12.4 Å². The number of aryl methyl sites for hydroxylation is 2. The molecular formula is C17H18ClFN2O3S. The maximum absolute atomic E-state index is 13.2. The van der Waals surface area contributed by atoms with E-state index < -0.39 is 28.3 Å². The Bertz CT molecular complexity index is 916. The van der Waals surface area contributed by atoms with E-state index in [-0.39, 0.29) is 10.7 Å². The first-order valence-corrected chi connectivity index (χ1v) is 9.60. The molecule has 0 aliphatic carbocycles. The Morgan fingerprint density at radius 1 is 1.16 bits per heavy atom. The van der Waals surface area contributed by atoms with Crippen molar-refractivity contribution < 1.29 is 17.6 Å². The average molecular weight is 385 g/mol. The molecule has 1 amide bonds. The molecule has 134 valence electrons. The van der Waals surface area contributed by atoms with Crippen molar-refractivity contribution in [1.29, 1.82) is 0 Å². The Balaban J connectivity index is 2.23. The van der Waals surface area contributed by atoms with Crippen molar-refractivity contribution in [2.45, 2.75) is 13.8 Å². The second-order valence-electron chi connectivity index (χ2n) is 5.72. The van der Waals surface area contributed by atoms with Gasteiger partial charge >= 0.3 is 0 Å². The predicted octanol–water partition coefficient (Wildman–Crippen LogP) is 3.50. The summed E-state index contributed by atoms with van der Waals surface area (Å²) in [7, 11) is -3.66. The minimum Gasteiger partial charge on any atom is -0.324 e. The summed E-state index contributed by atoms with van der Waals surface area (Å²) in [5, 5.41) is 2.38. The van der Waals surface area contributed by atoms with E-state index in [0.717, 1.165) is 27.8 Å². The number of nitrogens with one attached hydrogen (secondary N) is 1. The SMILES string of the molecule is Cc1ccc(N(CC(=O)Nc2ccc(F)c(Cl)c2)S(C)(=O)=O)cc1C. The van der Waals surface area contributed by atoms with Crippen LogP contribution in [0.4, 0.5) is 15.8 Å². The number of carbonyl (C=O) groups is 1. The van der Waals surface area contributed by atoms with Crippen molar-refractivity contribution in [3.8, 4) is 0 Å². The number of rotatable bonds is 5. The Hall–Kier alpha value is -2.12. The van der Waals surface area contributed by atoms with Crippen LogP contribution in [-0.4, -0.2) is 27.1 Å². The smallest absolute Gasteiger partial charge is 0.245 e. The highest BCUT2D eigenvalue weighted by molar-refractivity contribution is 7.92. The minimum atomic E-state index is -3.66. The van der Waals surface area contributed by atoms with Crippen molar-refractivity contribution in [2.75, 3.05) is 22.4 Å². The zero-order valence-electron chi connectivity index (χ0n) is 14.0. The molecule has 0 heterocycles. The number of anilines is 2. The summed E-state index contributed by atoms with van der Waals surface area (Å²) in [5.74, 6) is -1.17. The Kier molecular flexibility index (Phi) is 5.69. The van der Waals surface area contributed by atoms with Crippen LogP contribution in [0, 0.1) is 19.7 Å². The summed E-state index contributed by atoms with van der Waals surface area (Å²) in [4.78, 5) is 12.2. The molecular weight excluding hydrogens is 367 g/mol. The van der Waals surface area contributed by atoms with Crippen molar-refractivity contribution in [1.82, 2.24) is 0 Å². The summed E-state index contributed by atoms with van der Waals surface area (Å²) < 4.78 is 38.4. The van der Waals surface area contributed by atoms with Crippen LogP contribution in [0.1, 0.15) is 11.1 Å². The molecule has 0 saturated heterocycles. The second kappa shape index (κ2) is 7.41. The molecule has 25 heavy (non-hydrogen) atoms. The molecule has 2 rings (SSSR count). The van der Waals surface area contributed by atoms with Crippen molar-refractivity contribution in [3.05, 3.63) is 58.4 Å². The lowest BCUT2D eigenvalue weighted by Crippen LogP contribution is -2.37. The molecule has 8 heteroatoms. The van der Waals surface area contributed by atoms with Crippen molar-refractivity contribution >= 4 is 38.9 Å². The van der Waals surface area contributed by atoms with Gasteiger partial charge in [-0.1, -0.05) is 17.7 Å². The Morgan fingerprint density at radius 3 is 2.40 bits per heavy atom. The van der Waals surface area contributed by atoms with E-state index in [4.69, 9.17) is 11.6 Å². The second-order valence-corrected chi connectivity index (χ2v) is 8.03. The maximum atomic E-state index is 13.2.